The van der Waals surface area contributed by atoms with Gasteiger partial charge in [-0.1, -0.05) is 17.6 Å². The molecule has 148 valence electrons. The zero-order valence-corrected chi connectivity index (χ0v) is 16.2. The van der Waals surface area contributed by atoms with Crippen molar-refractivity contribution >= 4 is 23.2 Å². The van der Waals surface area contributed by atoms with Crippen LogP contribution in [0.4, 0.5) is 0 Å². The lowest BCUT2D eigenvalue weighted by molar-refractivity contribution is -0.120. The van der Waals surface area contributed by atoms with Gasteiger partial charge in [0.1, 0.15) is 0 Å². The van der Waals surface area contributed by atoms with Gasteiger partial charge in [-0.15, -0.1) is 11.3 Å². The van der Waals surface area contributed by atoms with E-state index in [4.69, 9.17) is 8.94 Å². The van der Waals surface area contributed by atoms with Crippen molar-refractivity contribution in [1.29, 1.82) is 0 Å². The van der Waals surface area contributed by atoms with E-state index in [-0.39, 0.29) is 30.5 Å². The van der Waals surface area contributed by atoms with Crippen molar-refractivity contribution < 1.29 is 18.5 Å². The van der Waals surface area contributed by atoms with Crippen LogP contribution in [0.5, 0.6) is 0 Å². The van der Waals surface area contributed by atoms with Crippen LogP contribution in [0.2, 0.25) is 0 Å². The number of unbranched alkanes of at least 4 members (excludes halogenated alkanes) is 2. The zero-order valence-electron chi connectivity index (χ0n) is 15.3. The quantitative estimate of drug-likeness (QED) is 0.477. The van der Waals surface area contributed by atoms with Gasteiger partial charge in [0.15, 0.2) is 5.76 Å². The number of carbonyl (C=O) groups is 2. The molecule has 0 aromatic carbocycles. The van der Waals surface area contributed by atoms with Crippen molar-refractivity contribution in [3.8, 4) is 10.7 Å². The van der Waals surface area contributed by atoms with Crippen LogP contribution in [-0.2, 0) is 11.2 Å². The Balaban J connectivity index is 1.21. The molecule has 0 saturated carbocycles. The van der Waals surface area contributed by atoms with Crippen molar-refractivity contribution in [2.45, 2.75) is 32.1 Å². The van der Waals surface area contributed by atoms with Crippen LogP contribution >= 0.6 is 11.3 Å². The Morgan fingerprint density at radius 2 is 2.00 bits per heavy atom. The van der Waals surface area contributed by atoms with Gasteiger partial charge in [-0.3, -0.25) is 9.59 Å². The van der Waals surface area contributed by atoms with Crippen LogP contribution in [0.1, 0.15) is 42.1 Å². The summed E-state index contributed by atoms with van der Waals surface area (Å²) < 4.78 is 10.2. The summed E-state index contributed by atoms with van der Waals surface area (Å²) in [6.07, 6.45) is 5.14. The maximum atomic E-state index is 11.8. The predicted octanol–water partition coefficient (Wildman–Crippen LogP) is 3.04. The minimum Gasteiger partial charge on any atom is -0.459 e. The second-order valence-corrected chi connectivity index (χ2v) is 7.08. The lowest BCUT2D eigenvalue weighted by Gasteiger charge is -2.05. The minimum atomic E-state index is -0.318. The predicted molar refractivity (Wildman–Crippen MR) is 104 cm³/mol. The second-order valence-electron chi connectivity index (χ2n) is 6.13. The Morgan fingerprint density at radius 1 is 1.07 bits per heavy atom. The first-order valence-corrected chi connectivity index (χ1v) is 10.0. The number of furan rings is 1. The van der Waals surface area contributed by atoms with E-state index in [0.29, 0.717) is 18.3 Å². The minimum absolute atomic E-state index is 0.0859. The van der Waals surface area contributed by atoms with Gasteiger partial charge in [0, 0.05) is 25.9 Å². The number of nitrogens with one attached hydrogen (secondary N) is 2. The summed E-state index contributed by atoms with van der Waals surface area (Å²) in [7, 11) is 0. The molecule has 0 aliphatic rings. The summed E-state index contributed by atoms with van der Waals surface area (Å²) in [6, 6.07) is 7.14. The van der Waals surface area contributed by atoms with Gasteiger partial charge >= 0.3 is 0 Å². The first-order valence-electron chi connectivity index (χ1n) is 9.17. The Morgan fingerprint density at radius 3 is 2.79 bits per heavy atom. The average molecular weight is 402 g/mol. The maximum Gasteiger partial charge on any atom is 0.286 e. The van der Waals surface area contributed by atoms with Crippen molar-refractivity contribution in [1.82, 2.24) is 20.8 Å². The van der Waals surface area contributed by atoms with E-state index < -0.39 is 0 Å². The van der Waals surface area contributed by atoms with Crippen LogP contribution in [0, 0.1) is 0 Å². The Hall–Kier alpha value is -2.94. The number of aryl methyl sites for hydroxylation is 1. The third-order valence-corrected chi connectivity index (χ3v) is 4.85. The number of hydrogen-bond acceptors (Lipinski definition) is 7. The van der Waals surface area contributed by atoms with Crippen LogP contribution < -0.4 is 10.6 Å². The van der Waals surface area contributed by atoms with Gasteiger partial charge in [0.05, 0.1) is 11.1 Å². The Labute approximate surface area is 166 Å². The smallest absolute Gasteiger partial charge is 0.286 e. The largest absolute Gasteiger partial charge is 0.459 e. The molecule has 9 heteroatoms. The molecule has 0 atom stereocenters. The Bertz CT molecular complexity index is 859. The molecule has 0 radical (unpaired) electrons. The molecule has 0 unspecified atom stereocenters. The van der Waals surface area contributed by atoms with Gasteiger partial charge in [-0.2, -0.15) is 4.98 Å². The number of aromatic nitrogens is 2. The molecular formula is C19H22N4O4S. The third kappa shape index (κ3) is 6.05. The number of carbonyl (C=O) groups excluding carboxylic acids is 2. The number of thiophene rings is 1. The van der Waals surface area contributed by atoms with E-state index in [2.05, 4.69) is 20.8 Å². The highest BCUT2D eigenvalue weighted by molar-refractivity contribution is 7.13. The first-order chi connectivity index (χ1) is 13.7. The van der Waals surface area contributed by atoms with E-state index in [1.807, 2.05) is 17.5 Å². The molecule has 8 nitrogen and oxygen atoms in total. The lowest BCUT2D eigenvalue weighted by Crippen LogP contribution is -2.31. The fourth-order valence-corrected chi connectivity index (χ4v) is 3.19. The van der Waals surface area contributed by atoms with E-state index in [1.165, 1.54) is 6.26 Å². The van der Waals surface area contributed by atoms with E-state index in [9.17, 15) is 9.59 Å². The highest BCUT2D eigenvalue weighted by Crippen LogP contribution is 2.21. The fourth-order valence-electron chi connectivity index (χ4n) is 2.54. The molecule has 0 bridgehead atoms. The summed E-state index contributed by atoms with van der Waals surface area (Å²) in [5.74, 6) is 1.11. The maximum absolute atomic E-state index is 11.8. The van der Waals surface area contributed by atoms with Crippen molar-refractivity contribution in [3.05, 3.63) is 47.6 Å². The van der Waals surface area contributed by atoms with Crippen LogP contribution in [-0.4, -0.2) is 35.0 Å². The Kier molecular flexibility index (Phi) is 7.36. The summed E-state index contributed by atoms with van der Waals surface area (Å²) in [6.45, 7) is 0.879. The molecule has 0 aliphatic carbocycles. The van der Waals surface area contributed by atoms with Crippen LogP contribution in [0.15, 0.2) is 44.8 Å². The highest BCUT2D eigenvalue weighted by atomic mass is 32.1. The van der Waals surface area contributed by atoms with E-state index in [1.54, 1.807) is 23.5 Å². The van der Waals surface area contributed by atoms with E-state index >= 15 is 0 Å². The molecule has 3 rings (SSSR count). The molecule has 2 amide bonds. The van der Waals surface area contributed by atoms with Gasteiger partial charge in [0.2, 0.25) is 17.6 Å². The van der Waals surface area contributed by atoms with Gasteiger partial charge < -0.3 is 19.6 Å². The number of amides is 2. The normalized spacial score (nSPS) is 10.7. The summed E-state index contributed by atoms with van der Waals surface area (Å²) in [5, 5.41) is 11.5. The molecule has 28 heavy (non-hydrogen) atoms. The molecule has 2 N–H and O–H groups in total. The average Bonchev–Trinajstić information content (AvgIpc) is 3.46. The van der Waals surface area contributed by atoms with Gasteiger partial charge in [-0.25, -0.2) is 0 Å². The fraction of sp³-hybridized carbons (Fsp3) is 0.368. The third-order valence-electron chi connectivity index (χ3n) is 3.98. The molecule has 0 saturated heterocycles. The van der Waals surface area contributed by atoms with Crippen molar-refractivity contribution in [2.24, 2.45) is 0 Å². The molecular weight excluding hydrogens is 380 g/mol. The summed E-state index contributed by atoms with van der Waals surface area (Å²) in [4.78, 5) is 28.8. The van der Waals surface area contributed by atoms with Gasteiger partial charge in [0.25, 0.3) is 5.91 Å². The van der Waals surface area contributed by atoms with Crippen LogP contribution in [0.25, 0.3) is 10.7 Å². The summed E-state index contributed by atoms with van der Waals surface area (Å²) in [5.41, 5.74) is 0. The second kappa shape index (κ2) is 10.4. The topological polar surface area (TPSA) is 110 Å². The molecule has 0 spiro atoms. The SMILES string of the molecule is O=C(CCNC(=O)c1ccco1)NCCCCCc1nc(-c2cccs2)no1. The monoisotopic (exact) mass is 402 g/mol. The molecule has 0 fully saturated rings. The molecule has 0 aliphatic heterocycles. The van der Waals surface area contributed by atoms with Crippen molar-refractivity contribution in [2.75, 3.05) is 13.1 Å². The number of hydrogen-bond donors (Lipinski definition) is 2. The molecule has 3 heterocycles. The number of rotatable bonds is 11. The number of nitrogens with zero attached hydrogens (tertiary/aromatic N) is 2. The first kappa shape index (κ1) is 19.8. The highest BCUT2D eigenvalue weighted by Gasteiger charge is 2.10. The lowest BCUT2D eigenvalue weighted by atomic mass is 10.2. The summed E-state index contributed by atoms with van der Waals surface area (Å²) >= 11 is 1.58. The zero-order chi connectivity index (χ0) is 19.6. The molecule has 3 aromatic heterocycles. The van der Waals surface area contributed by atoms with E-state index in [0.717, 1.165) is 30.6 Å². The molecule has 3 aromatic rings. The van der Waals surface area contributed by atoms with Crippen LogP contribution in [0.3, 0.4) is 0 Å². The standard InChI is InChI=1S/C19H22N4O4S/c24-16(9-11-21-19(25)14-6-4-12-26-14)20-10-3-1-2-8-17-22-18(23-27-17)15-7-5-13-28-15/h4-7,12-13H,1-3,8-11H2,(H,20,24)(H,21,25). The van der Waals surface area contributed by atoms with Crippen molar-refractivity contribution in [3.63, 3.8) is 0 Å². The van der Waals surface area contributed by atoms with Gasteiger partial charge in [-0.05, 0) is 36.4 Å².